The van der Waals surface area contributed by atoms with Crippen LogP contribution in [0.15, 0.2) is 33.9 Å². The van der Waals surface area contributed by atoms with Crippen molar-refractivity contribution < 1.29 is 8.78 Å². The Morgan fingerprint density at radius 3 is 2.61 bits per heavy atom. The van der Waals surface area contributed by atoms with Crippen LogP contribution in [0.1, 0.15) is 25.8 Å². The maximum atomic E-state index is 16.2. The number of piperazine rings is 1. The molecular weight excluding hydrogens is 450 g/mol. The Morgan fingerprint density at radius 2 is 1.88 bits per heavy atom. The maximum absolute atomic E-state index is 16.2. The SMILES string of the molecule is CC1CN(c2c(F)cc3c(=O)c4c(=O)[nH]c5cc(Cl)ccc5c4n(C4CC4)c3c2F)CCN1. The first kappa shape index (κ1) is 20.6. The fourth-order valence-electron chi connectivity index (χ4n) is 5.09. The van der Waals surface area contributed by atoms with Crippen LogP contribution in [-0.2, 0) is 0 Å². The molecule has 2 aromatic heterocycles. The van der Waals surface area contributed by atoms with Crippen molar-refractivity contribution in [2.24, 2.45) is 0 Å². The predicted molar refractivity (Wildman–Crippen MR) is 127 cm³/mol. The summed E-state index contributed by atoms with van der Waals surface area (Å²) in [4.78, 5) is 30.8. The lowest BCUT2D eigenvalue weighted by Gasteiger charge is -2.34. The number of pyridine rings is 2. The van der Waals surface area contributed by atoms with Gasteiger partial charge in [0, 0.05) is 42.1 Å². The number of fused-ring (bicyclic) bond motifs is 4. The number of aromatic nitrogens is 2. The Kier molecular flexibility index (Phi) is 4.54. The van der Waals surface area contributed by atoms with Crippen LogP contribution in [0, 0.1) is 11.6 Å². The Hall–Kier alpha value is -2.97. The number of nitrogens with one attached hydrogen (secondary N) is 2. The first-order valence-electron chi connectivity index (χ1n) is 11.0. The van der Waals surface area contributed by atoms with E-state index in [1.54, 1.807) is 27.7 Å². The van der Waals surface area contributed by atoms with Crippen molar-refractivity contribution in [3.05, 3.63) is 61.5 Å². The second-order valence-electron chi connectivity index (χ2n) is 9.02. The predicted octanol–water partition coefficient (Wildman–Crippen LogP) is 4.06. The highest BCUT2D eigenvalue weighted by molar-refractivity contribution is 6.31. The Bertz CT molecular complexity index is 1590. The minimum atomic E-state index is -0.795. The molecular formula is C24H21ClF2N4O2. The van der Waals surface area contributed by atoms with Crippen LogP contribution in [0.3, 0.4) is 0 Å². The lowest BCUT2D eigenvalue weighted by atomic mass is 10.0. The second-order valence-corrected chi connectivity index (χ2v) is 9.45. The van der Waals surface area contributed by atoms with Gasteiger partial charge < -0.3 is 19.8 Å². The normalized spacial score (nSPS) is 19.2. The molecule has 1 saturated heterocycles. The van der Waals surface area contributed by atoms with E-state index in [4.69, 9.17) is 11.6 Å². The zero-order valence-electron chi connectivity index (χ0n) is 17.8. The van der Waals surface area contributed by atoms with Gasteiger partial charge in [0.1, 0.15) is 16.9 Å². The van der Waals surface area contributed by atoms with E-state index in [1.165, 1.54) is 0 Å². The average Bonchev–Trinajstić information content (AvgIpc) is 3.59. The molecule has 2 aliphatic rings. The zero-order chi connectivity index (χ0) is 23.0. The number of anilines is 1. The summed E-state index contributed by atoms with van der Waals surface area (Å²) in [5.74, 6) is -1.55. The highest BCUT2D eigenvalue weighted by Crippen LogP contribution is 2.42. The molecule has 6 rings (SSSR count). The first-order valence-corrected chi connectivity index (χ1v) is 11.4. The van der Waals surface area contributed by atoms with E-state index in [1.807, 2.05) is 6.92 Å². The van der Waals surface area contributed by atoms with E-state index < -0.39 is 22.6 Å². The zero-order valence-corrected chi connectivity index (χ0v) is 18.6. The molecule has 2 N–H and O–H groups in total. The number of aromatic amines is 1. The standard InChI is InChI=1S/C24H21ClF2N4O2/c1-11-10-30(7-6-28-11)22-16(26)9-15-21(19(22)27)31(13-3-4-13)20-14-5-2-12(25)8-17(14)29-24(33)18(20)23(15)32/h2,5,8-9,11,13,28H,3-4,6-7,10H2,1H3,(H,29,33). The van der Waals surface area contributed by atoms with Gasteiger partial charge in [-0.3, -0.25) is 9.59 Å². The third kappa shape index (κ3) is 3.08. The number of nitrogens with zero attached hydrogens (tertiary/aromatic N) is 2. The molecule has 6 nitrogen and oxygen atoms in total. The van der Waals surface area contributed by atoms with Gasteiger partial charge in [0.05, 0.1) is 21.9 Å². The van der Waals surface area contributed by atoms with Crippen LogP contribution in [-0.4, -0.2) is 35.2 Å². The number of hydrogen-bond acceptors (Lipinski definition) is 4. The highest BCUT2D eigenvalue weighted by Gasteiger charge is 2.33. The summed E-state index contributed by atoms with van der Waals surface area (Å²) in [6.07, 6.45) is 1.57. The molecule has 1 aliphatic heterocycles. The van der Waals surface area contributed by atoms with Crippen molar-refractivity contribution in [3.8, 4) is 0 Å². The lowest BCUT2D eigenvalue weighted by Crippen LogP contribution is -2.49. The van der Waals surface area contributed by atoms with Gasteiger partial charge in [-0.15, -0.1) is 0 Å². The summed E-state index contributed by atoms with van der Waals surface area (Å²) in [5.41, 5.74) is -0.502. The summed E-state index contributed by atoms with van der Waals surface area (Å²) >= 11 is 6.12. The molecule has 2 fully saturated rings. The summed E-state index contributed by atoms with van der Waals surface area (Å²) in [7, 11) is 0. The molecule has 170 valence electrons. The monoisotopic (exact) mass is 470 g/mol. The minimum Gasteiger partial charge on any atom is -0.364 e. The average molecular weight is 471 g/mol. The van der Waals surface area contributed by atoms with Gasteiger partial charge in [0.2, 0.25) is 5.43 Å². The Morgan fingerprint density at radius 1 is 1.09 bits per heavy atom. The first-order chi connectivity index (χ1) is 15.8. The third-order valence-corrected chi connectivity index (χ3v) is 6.90. The van der Waals surface area contributed by atoms with E-state index in [0.29, 0.717) is 41.1 Å². The molecule has 1 atom stereocenters. The summed E-state index contributed by atoms with van der Waals surface area (Å²) in [6, 6.07) is 6.08. The molecule has 1 unspecified atom stereocenters. The van der Waals surface area contributed by atoms with Gasteiger partial charge in [0.25, 0.3) is 5.56 Å². The Balaban J connectivity index is 1.80. The van der Waals surface area contributed by atoms with Crippen LogP contribution in [0.25, 0.3) is 32.7 Å². The largest absolute Gasteiger partial charge is 0.364 e. The van der Waals surface area contributed by atoms with E-state index in [9.17, 15) is 9.59 Å². The molecule has 0 amide bonds. The third-order valence-electron chi connectivity index (χ3n) is 6.67. The number of halogens is 3. The quantitative estimate of drug-likeness (QED) is 0.342. The highest BCUT2D eigenvalue weighted by atomic mass is 35.5. The van der Waals surface area contributed by atoms with Crippen LogP contribution in [0.4, 0.5) is 14.5 Å². The fraction of sp³-hybridized carbons (Fsp3) is 0.333. The molecule has 9 heteroatoms. The Labute approximate surface area is 191 Å². The van der Waals surface area contributed by atoms with Crippen molar-refractivity contribution >= 4 is 50.0 Å². The number of hydrogen-bond donors (Lipinski definition) is 2. The summed E-state index contributed by atoms with van der Waals surface area (Å²) in [6.45, 7) is 3.46. The van der Waals surface area contributed by atoms with E-state index in [0.717, 1.165) is 18.9 Å². The van der Waals surface area contributed by atoms with Gasteiger partial charge in [-0.05, 0) is 44.0 Å². The van der Waals surface area contributed by atoms with Crippen molar-refractivity contribution in [1.29, 1.82) is 0 Å². The fourth-order valence-corrected chi connectivity index (χ4v) is 5.26. The van der Waals surface area contributed by atoms with Gasteiger partial charge in [0.15, 0.2) is 5.82 Å². The van der Waals surface area contributed by atoms with Gasteiger partial charge in [-0.25, -0.2) is 8.78 Å². The molecule has 0 radical (unpaired) electrons. The molecule has 0 bridgehead atoms. The van der Waals surface area contributed by atoms with Crippen LogP contribution in [0.5, 0.6) is 0 Å². The lowest BCUT2D eigenvalue weighted by molar-refractivity contribution is 0.470. The molecule has 2 aromatic carbocycles. The topological polar surface area (TPSA) is 70.1 Å². The van der Waals surface area contributed by atoms with Gasteiger partial charge >= 0.3 is 0 Å². The number of benzene rings is 2. The van der Waals surface area contributed by atoms with Crippen molar-refractivity contribution in [2.45, 2.75) is 31.8 Å². The van der Waals surface area contributed by atoms with E-state index >= 15 is 8.78 Å². The van der Waals surface area contributed by atoms with Gasteiger partial charge in [-0.2, -0.15) is 0 Å². The van der Waals surface area contributed by atoms with Crippen molar-refractivity contribution in [2.75, 3.05) is 24.5 Å². The van der Waals surface area contributed by atoms with Gasteiger partial charge in [-0.1, -0.05) is 11.6 Å². The molecule has 4 aromatic rings. The van der Waals surface area contributed by atoms with E-state index in [2.05, 4.69) is 10.3 Å². The number of H-pyrrole nitrogens is 1. The van der Waals surface area contributed by atoms with Crippen LogP contribution >= 0.6 is 11.6 Å². The summed E-state index contributed by atoms with van der Waals surface area (Å²) < 4.78 is 33.2. The van der Waals surface area contributed by atoms with Crippen molar-refractivity contribution in [3.63, 3.8) is 0 Å². The molecule has 0 spiro atoms. The second kappa shape index (κ2) is 7.27. The van der Waals surface area contributed by atoms with Crippen molar-refractivity contribution in [1.82, 2.24) is 14.9 Å². The minimum absolute atomic E-state index is 0.0550. The smallest absolute Gasteiger partial charge is 0.261 e. The molecule has 3 heterocycles. The van der Waals surface area contributed by atoms with E-state index in [-0.39, 0.29) is 34.1 Å². The molecule has 1 saturated carbocycles. The maximum Gasteiger partial charge on any atom is 0.261 e. The molecule has 1 aliphatic carbocycles. The van der Waals surface area contributed by atoms with Crippen LogP contribution in [0.2, 0.25) is 5.02 Å². The summed E-state index contributed by atoms with van der Waals surface area (Å²) in [5, 5.41) is 4.09. The number of rotatable bonds is 2. The van der Waals surface area contributed by atoms with Crippen LogP contribution < -0.4 is 21.2 Å². The molecule has 33 heavy (non-hydrogen) atoms.